The van der Waals surface area contributed by atoms with Crippen LogP contribution in [0.5, 0.6) is 0 Å². The molecule has 0 aliphatic carbocycles. The molecule has 0 atom stereocenters. The van der Waals surface area contributed by atoms with E-state index in [0.29, 0.717) is 24.4 Å². The van der Waals surface area contributed by atoms with Crippen molar-refractivity contribution in [1.82, 2.24) is 15.0 Å². The van der Waals surface area contributed by atoms with Gasteiger partial charge in [-0.15, -0.1) is 5.10 Å². The fourth-order valence-electron chi connectivity index (χ4n) is 1.27. The summed E-state index contributed by atoms with van der Waals surface area (Å²) in [5.74, 6) is 0. The van der Waals surface area contributed by atoms with E-state index in [0.717, 1.165) is 0 Å². The van der Waals surface area contributed by atoms with Gasteiger partial charge < -0.3 is 10.5 Å². The Labute approximate surface area is 86.2 Å². The van der Waals surface area contributed by atoms with Crippen LogP contribution < -0.4 is 5.73 Å². The summed E-state index contributed by atoms with van der Waals surface area (Å²) in [6, 6.07) is 0. The van der Waals surface area contributed by atoms with Gasteiger partial charge in [0.25, 0.3) is 6.43 Å². The Morgan fingerprint density at radius 2 is 2.27 bits per heavy atom. The summed E-state index contributed by atoms with van der Waals surface area (Å²) in [6.45, 7) is 0.162. The van der Waals surface area contributed by atoms with E-state index in [1.807, 2.05) is 0 Å². The molecular weight excluding hydrogens is 206 g/mol. The van der Waals surface area contributed by atoms with E-state index in [4.69, 9.17) is 10.5 Å². The molecule has 0 saturated heterocycles. The first kappa shape index (κ1) is 12.0. The van der Waals surface area contributed by atoms with Gasteiger partial charge in [-0.2, -0.15) is 0 Å². The highest BCUT2D eigenvalue weighted by Gasteiger charge is 2.15. The molecule has 86 valence electrons. The summed E-state index contributed by atoms with van der Waals surface area (Å²) in [6.07, 6.45) is -1.94. The van der Waals surface area contributed by atoms with E-state index in [-0.39, 0.29) is 6.61 Å². The SMILES string of the molecule is COCc1c(CCN)nnn1CC(F)F. The number of nitrogens with zero attached hydrogens (tertiary/aromatic N) is 3. The van der Waals surface area contributed by atoms with Crippen LogP contribution in [0, 0.1) is 0 Å². The summed E-state index contributed by atoms with van der Waals surface area (Å²) >= 11 is 0. The molecule has 0 aliphatic heterocycles. The molecule has 15 heavy (non-hydrogen) atoms. The van der Waals surface area contributed by atoms with Gasteiger partial charge in [0, 0.05) is 13.5 Å². The lowest BCUT2D eigenvalue weighted by atomic mass is 10.2. The van der Waals surface area contributed by atoms with Gasteiger partial charge in [0.15, 0.2) is 0 Å². The highest BCUT2D eigenvalue weighted by molar-refractivity contribution is 5.09. The predicted octanol–water partition coefficient (Wildman–Crippen LogP) is 0.191. The molecule has 0 fully saturated rings. The minimum atomic E-state index is -2.45. The third-order valence-corrected chi connectivity index (χ3v) is 1.89. The monoisotopic (exact) mass is 220 g/mol. The zero-order chi connectivity index (χ0) is 11.3. The molecule has 1 rings (SSSR count). The van der Waals surface area contributed by atoms with E-state index < -0.39 is 13.0 Å². The Kier molecular flexibility index (Phi) is 4.57. The zero-order valence-corrected chi connectivity index (χ0v) is 8.49. The first-order valence-electron chi connectivity index (χ1n) is 4.57. The summed E-state index contributed by atoms with van der Waals surface area (Å²) in [5, 5.41) is 7.44. The Morgan fingerprint density at radius 3 is 2.80 bits per heavy atom. The second kappa shape index (κ2) is 5.72. The van der Waals surface area contributed by atoms with Crippen LogP contribution in [0.25, 0.3) is 0 Å². The highest BCUT2D eigenvalue weighted by atomic mass is 19.3. The number of rotatable bonds is 6. The number of halogens is 2. The third kappa shape index (κ3) is 3.21. The molecule has 0 aromatic carbocycles. The van der Waals surface area contributed by atoms with Crippen LogP contribution in [0.2, 0.25) is 0 Å². The Morgan fingerprint density at radius 1 is 1.53 bits per heavy atom. The molecule has 0 bridgehead atoms. The van der Waals surface area contributed by atoms with Gasteiger partial charge >= 0.3 is 0 Å². The lowest BCUT2D eigenvalue weighted by Crippen LogP contribution is -2.13. The van der Waals surface area contributed by atoms with Crippen LogP contribution in [0.15, 0.2) is 0 Å². The maximum Gasteiger partial charge on any atom is 0.257 e. The van der Waals surface area contributed by atoms with Crippen LogP contribution in [-0.4, -0.2) is 35.1 Å². The number of aromatic nitrogens is 3. The Balaban J connectivity index is 2.84. The quantitative estimate of drug-likeness (QED) is 0.743. The largest absolute Gasteiger partial charge is 0.378 e. The van der Waals surface area contributed by atoms with E-state index >= 15 is 0 Å². The average Bonchev–Trinajstić information content (AvgIpc) is 2.51. The number of hydrogen-bond acceptors (Lipinski definition) is 4. The standard InChI is InChI=1S/C8H14F2N4O/c1-15-5-7-6(2-3-11)12-13-14(7)4-8(9)10/h8H,2-5,11H2,1H3. The molecule has 0 aliphatic rings. The molecule has 2 N–H and O–H groups in total. The molecule has 0 radical (unpaired) electrons. The Bertz CT molecular complexity index is 303. The fourth-order valence-corrected chi connectivity index (χ4v) is 1.27. The van der Waals surface area contributed by atoms with Gasteiger partial charge in [-0.3, -0.25) is 0 Å². The molecule has 1 aromatic rings. The minimum absolute atomic E-state index is 0.217. The molecule has 0 spiro atoms. The topological polar surface area (TPSA) is 66.0 Å². The van der Waals surface area contributed by atoms with Gasteiger partial charge in [-0.05, 0) is 6.54 Å². The smallest absolute Gasteiger partial charge is 0.257 e. The normalized spacial score (nSPS) is 11.3. The van der Waals surface area contributed by atoms with Crippen molar-refractivity contribution in [2.24, 2.45) is 5.73 Å². The Hall–Kier alpha value is -1.08. The van der Waals surface area contributed by atoms with Gasteiger partial charge in [0.1, 0.15) is 6.54 Å². The van der Waals surface area contributed by atoms with E-state index in [2.05, 4.69) is 10.3 Å². The van der Waals surface area contributed by atoms with Crippen molar-refractivity contribution in [3.63, 3.8) is 0 Å². The summed E-state index contributed by atoms with van der Waals surface area (Å²) in [4.78, 5) is 0. The summed E-state index contributed by atoms with van der Waals surface area (Å²) in [7, 11) is 1.49. The van der Waals surface area contributed by atoms with Crippen molar-refractivity contribution in [3.8, 4) is 0 Å². The molecule has 0 saturated carbocycles. The van der Waals surface area contributed by atoms with Crippen molar-refractivity contribution < 1.29 is 13.5 Å². The van der Waals surface area contributed by atoms with E-state index in [1.165, 1.54) is 11.8 Å². The van der Waals surface area contributed by atoms with Crippen molar-refractivity contribution in [2.45, 2.75) is 26.0 Å². The lowest BCUT2D eigenvalue weighted by Gasteiger charge is -2.05. The highest BCUT2D eigenvalue weighted by Crippen LogP contribution is 2.09. The second-order valence-electron chi connectivity index (χ2n) is 3.03. The molecular formula is C8H14F2N4O. The van der Waals surface area contributed by atoms with Crippen LogP contribution >= 0.6 is 0 Å². The second-order valence-corrected chi connectivity index (χ2v) is 3.03. The van der Waals surface area contributed by atoms with Gasteiger partial charge in [0.05, 0.1) is 18.0 Å². The molecule has 7 heteroatoms. The van der Waals surface area contributed by atoms with Crippen LogP contribution in [0.1, 0.15) is 11.4 Å². The third-order valence-electron chi connectivity index (χ3n) is 1.89. The number of alkyl halides is 2. The maximum absolute atomic E-state index is 12.2. The molecule has 0 unspecified atom stereocenters. The van der Waals surface area contributed by atoms with E-state index in [9.17, 15) is 8.78 Å². The molecule has 0 amide bonds. The van der Waals surface area contributed by atoms with Crippen LogP contribution in [0.4, 0.5) is 8.78 Å². The lowest BCUT2D eigenvalue weighted by molar-refractivity contribution is 0.113. The van der Waals surface area contributed by atoms with E-state index in [1.54, 1.807) is 0 Å². The maximum atomic E-state index is 12.2. The fraction of sp³-hybridized carbons (Fsp3) is 0.750. The number of methoxy groups -OCH3 is 1. The molecule has 1 aromatic heterocycles. The van der Waals surface area contributed by atoms with Crippen molar-refractivity contribution in [3.05, 3.63) is 11.4 Å². The average molecular weight is 220 g/mol. The van der Waals surface area contributed by atoms with Crippen LogP contribution in [0.3, 0.4) is 0 Å². The minimum Gasteiger partial charge on any atom is -0.378 e. The predicted molar refractivity (Wildman–Crippen MR) is 49.5 cm³/mol. The number of nitrogens with two attached hydrogens (primary N) is 1. The molecule has 1 heterocycles. The van der Waals surface area contributed by atoms with Gasteiger partial charge in [-0.1, -0.05) is 5.21 Å². The van der Waals surface area contributed by atoms with Gasteiger partial charge in [0.2, 0.25) is 0 Å². The van der Waals surface area contributed by atoms with Crippen molar-refractivity contribution in [1.29, 1.82) is 0 Å². The van der Waals surface area contributed by atoms with Crippen molar-refractivity contribution in [2.75, 3.05) is 13.7 Å². The number of hydrogen-bond donors (Lipinski definition) is 1. The van der Waals surface area contributed by atoms with Crippen LogP contribution in [-0.2, 0) is 24.3 Å². The van der Waals surface area contributed by atoms with Crippen molar-refractivity contribution >= 4 is 0 Å². The molecule has 5 nitrogen and oxygen atoms in total. The number of ether oxygens (including phenoxy) is 1. The first-order valence-corrected chi connectivity index (χ1v) is 4.57. The first-order chi connectivity index (χ1) is 7.19. The van der Waals surface area contributed by atoms with Gasteiger partial charge in [-0.25, -0.2) is 13.5 Å². The summed E-state index contributed by atoms with van der Waals surface area (Å²) < 4.78 is 30.4. The summed E-state index contributed by atoms with van der Waals surface area (Å²) in [5.41, 5.74) is 6.57. The zero-order valence-electron chi connectivity index (χ0n) is 8.49.